The SMILES string of the molecule is c1cc2c3c(cc4c(c3c1)CCCC4)CCC2. The van der Waals surface area contributed by atoms with Crippen molar-refractivity contribution in [2.45, 2.75) is 44.9 Å². The summed E-state index contributed by atoms with van der Waals surface area (Å²) in [5, 5.41) is 3.19. The molecule has 0 saturated heterocycles. The minimum atomic E-state index is 1.28. The number of fused-ring (bicyclic) bond motifs is 2. The van der Waals surface area contributed by atoms with Crippen molar-refractivity contribution in [3.8, 4) is 0 Å². The van der Waals surface area contributed by atoms with E-state index in [2.05, 4.69) is 24.3 Å². The lowest BCUT2D eigenvalue weighted by Gasteiger charge is -2.24. The number of hydrogen-bond donors (Lipinski definition) is 0. The first-order valence-electron chi connectivity index (χ1n) is 6.99. The van der Waals surface area contributed by atoms with Gasteiger partial charge in [0.15, 0.2) is 0 Å². The van der Waals surface area contributed by atoms with Gasteiger partial charge < -0.3 is 0 Å². The Balaban J connectivity index is 2.13. The molecule has 0 bridgehead atoms. The van der Waals surface area contributed by atoms with Gasteiger partial charge in [-0.25, -0.2) is 0 Å². The third-order valence-electron chi connectivity index (χ3n) is 4.55. The minimum absolute atomic E-state index is 1.28. The molecule has 0 radical (unpaired) electrons. The van der Waals surface area contributed by atoms with Crippen LogP contribution in [0.1, 0.15) is 41.5 Å². The summed E-state index contributed by atoms with van der Waals surface area (Å²) in [5.41, 5.74) is 6.54. The van der Waals surface area contributed by atoms with E-state index in [0.717, 1.165) is 0 Å². The third kappa shape index (κ3) is 1.36. The first-order valence-corrected chi connectivity index (χ1v) is 6.99. The van der Waals surface area contributed by atoms with Gasteiger partial charge in [-0.3, -0.25) is 0 Å². The van der Waals surface area contributed by atoms with Crippen LogP contribution in [0.15, 0.2) is 24.3 Å². The molecule has 0 heterocycles. The zero-order chi connectivity index (χ0) is 11.2. The maximum absolute atomic E-state index is 2.53. The highest BCUT2D eigenvalue weighted by molar-refractivity contribution is 5.93. The highest BCUT2D eigenvalue weighted by Crippen LogP contribution is 2.36. The molecule has 0 aromatic heterocycles. The second kappa shape index (κ2) is 3.60. The summed E-state index contributed by atoms with van der Waals surface area (Å²) >= 11 is 0. The van der Waals surface area contributed by atoms with E-state index in [4.69, 9.17) is 0 Å². The van der Waals surface area contributed by atoms with Crippen LogP contribution in [0.4, 0.5) is 0 Å². The van der Waals surface area contributed by atoms with Crippen LogP contribution in [0.5, 0.6) is 0 Å². The smallest absolute Gasteiger partial charge is 0.0117 e. The van der Waals surface area contributed by atoms with Crippen molar-refractivity contribution in [3.05, 3.63) is 46.5 Å². The molecular weight excluding hydrogens is 204 g/mol. The zero-order valence-corrected chi connectivity index (χ0v) is 10.3. The Bertz CT molecular complexity index is 593. The standard InChI is InChI=1S/C17H18/c1-2-9-15-13(5-1)11-14-8-3-6-12-7-4-10-16(15)17(12)14/h4,7,10-11H,1-3,5-6,8-9H2. The van der Waals surface area contributed by atoms with E-state index < -0.39 is 0 Å². The molecule has 2 aliphatic rings. The Morgan fingerprint density at radius 2 is 1.53 bits per heavy atom. The van der Waals surface area contributed by atoms with E-state index in [1.807, 2.05) is 0 Å². The van der Waals surface area contributed by atoms with Crippen LogP contribution in [0, 0.1) is 0 Å². The number of rotatable bonds is 0. The van der Waals surface area contributed by atoms with Crippen LogP contribution in [0.25, 0.3) is 10.8 Å². The molecule has 0 saturated carbocycles. The average molecular weight is 222 g/mol. The molecule has 0 spiro atoms. The van der Waals surface area contributed by atoms with Gasteiger partial charge in [-0.15, -0.1) is 0 Å². The van der Waals surface area contributed by atoms with Crippen molar-refractivity contribution < 1.29 is 0 Å². The Labute approximate surface area is 103 Å². The highest BCUT2D eigenvalue weighted by atomic mass is 14.2. The molecule has 86 valence electrons. The maximum atomic E-state index is 2.53. The van der Waals surface area contributed by atoms with Gasteiger partial charge in [-0.05, 0) is 78.0 Å². The van der Waals surface area contributed by atoms with E-state index in [0.29, 0.717) is 0 Å². The number of hydrogen-bond acceptors (Lipinski definition) is 0. The van der Waals surface area contributed by atoms with Gasteiger partial charge in [0.25, 0.3) is 0 Å². The van der Waals surface area contributed by atoms with Gasteiger partial charge in [0.1, 0.15) is 0 Å². The van der Waals surface area contributed by atoms with Crippen LogP contribution in [0.3, 0.4) is 0 Å². The van der Waals surface area contributed by atoms with E-state index in [1.165, 1.54) is 44.9 Å². The van der Waals surface area contributed by atoms with E-state index in [-0.39, 0.29) is 0 Å². The van der Waals surface area contributed by atoms with E-state index >= 15 is 0 Å². The third-order valence-corrected chi connectivity index (χ3v) is 4.55. The first-order chi connectivity index (χ1) is 8.43. The molecule has 0 heteroatoms. The molecule has 17 heavy (non-hydrogen) atoms. The second-order valence-corrected chi connectivity index (χ2v) is 5.57. The summed E-state index contributed by atoms with van der Waals surface area (Å²) in [6, 6.07) is 9.49. The molecule has 0 N–H and O–H groups in total. The summed E-state index contributed by atoms with van der Waals surface area (Å²) in [5.74, 6) is 0. The number of benzene rings is 2. The summed E-state index contributed by atoms with van der Waals surface area (Å²) in [4.78, 5) is 0. The summed E-state index contributed by atoms with van der Waals surface area (Å²) in [6.45, 7) is 0. The van der Waals surface area contributed by atoms with E-state index in [1.54, 1.807) is 33.0 Å². The van der Waals surface area contributed by atoms with Crippen molar-refractivity contribution in [1.29, 1.82) is 0 Å². The predicted molar refractivity (Wildman–Crippen MR) is 72.6 cm³/mol. The van der Waals surface area contributed by atoms with Crippen molar-refractivity contribution in [1.82, 2.24) is 0 Å². The second-order valence-electron chi connectivity index (χ2n) is 5.57. The highest BCUT2D eigenvalue weighted by Gasteiger charge is 2.19. The van der Waals surface area contributed by atoms with Gasteiger partial charge in [-0.2, -0.15) is 0 Å². The van der Waals surface area contributed by atoms with Crippen LogP contribution < -0.4 is 0 Å². The Kier molecular flexibility index (Phi) is 2.05. The molecule has 0 fully saturated rings. The van der Waals surface area contributed by atoms with Crippen LogP contribution >= 0.6 is 0 Å². The van der Waals surface area contributed by atoms with Crippen molar-refractivity contribution in [3.63, 3.8) is 0 Å². The van der Waals surface area contributed by atoms with Gasteiger partial charge in [0.2, 0.25) is 0 Å². The predicted octanol–water partition coefficient (Wildman–Crippen LogP) is 4.21. The lowest BCUT2D eigenvalue weighted by Crippen LogP contribution is -2.08. The molecule has 2 aromatic rings. The fourth-order valence-corrected chi connectivity index (χ4v) is 3.78. The Hall–Kier alpha value is -1.30. The van der Waals surface area contributed by atoms with Gasteiger partial charge in [0, 0.05) is 0 Å². The molecule has 2 aromatic carbocycles. The largest absolute Gasteiger partial charge is 0.0613 e. The molecule has 0 aliphatic heterocycles. The minimum Gasteiger partial charge on any atom is -0.0613 e. The molecule has 0 amide bonds. The first kappa shape index (κ1) is 9.70. The maximum Gasteiger partial charge on any atom is -0.0117 e. The van der Waals surface area contributed by atoms with Crippen LogP contribution in [0.2, 0.25) is 0 Å². The molecule has 2 aliphatic carbocycles. The molecule has 0 atom stereocenters. The van der Waals surface area contributed by atoms with Crippen molar-refractivity contribution >= 4 is 10.8 Å². The molecule has 0 unspecified atom stereocenters. The average Bonchev–Trinajstić information content (AvgIpc) is 2.39. The monoisotopic (exact) mass is 222 g/mol. The molecule has 0 nitrogen and oxygen atoms in total. The summed E-state index contributed by atoms with van der Waals surface area (Å²) < 4.78 is 0. The van der Waals surface area contributed by atoms with Gasteiger partial charge in [0.05, 0.1) is 0 Å². The normalized spacial score (nSPS) is 18.1. The fraction of sp³-hybridized carbons (Fsp3) is 0.412. The molecular formula is C17H18. The van der Waals surface area contributed by atoms with Crippen molar-refractivity contribution in [2.24, 2.45) is 0 Å². The lowest BCUT2D eigenvalue weighted by molar-refractivity contribution is 0.687. The van der Waals surface area contributed by atoms with Crippen LogP contribution in [-0.4, -0.2) is 0 Å². The fourth-order valence-electron chi connectivity index (χ4n) is 3.78. The zero-order valence-electron chi connectivity index (χ0n) is 10.3. The number of aryl methyl sites for hydroxylation is 4. The topological polar surface area (TPSA) is 0 Å². The summed E-state index contributed by atoms with van der Waals surface area (Å²) in [7, 11) is 0. The Morgan fingerprint density at radius 1 is 0.706 bits per heavy atom. The quantitative estimate of drug-likeness (QED) is 0.626. The molecule has 4 rings (SSSR count). The lowest BCUT2D eigenvalue weighted by atomic mass is 9.80. The van der Waals surface area contributed by atoms with Gasteiger partial charge in [-0.1, -0.05) is 24.3 Å². The van der Waals surface area contributed by atoms with Crippen molar-refractivity contribution in [2.75, 3.05) is 0 Å². The Morgan fingerprint density at radius 3 is 2.53 bits per heavy atom. The van der Waals surface area contributed by atoms with E-state index in [9.17, 15) is 0 Å². The summed E-state index contributed by atoms with van der Waals surface area (Å²) in [6.07, 6.45) is 9.29. The van der Waals surface area contributed by atoms with Crippen LogP contribution in [-0.2, 0) is 25.7 Å². The van der Waals surface area contributed by atoms with Gasteiger partial charge >= 0.3 is 0 Å².